The van der Waals surface area contributed by atoms with Crippen molar-refractivity contribution in [2.45, 2.75) is 12.0 Å². The number of benzene rings is 2. The highest BCUT2D eigenvalue weighted by Crippen LogP contribution is 2.46. The number of carbonyl (C=O) groups excluding carboxylic acids is 1. The molecule has 3 aromatic rings. The zero-order chi connectivity index (χ0) is 18.1. The van der Waals surface area contributed by atoms with Crippen molar-refractivity contribution in [1.29, 1.82) is 0 Å². The van der Waals surface area contributed by atoms with Crippen molar-refractivity contribution >= 4 is 11.9 Å². The molecule has 1 atom stereocenters. The van der Waals surface area contributed by atoms with E-state index in [0.29, 0.717) is 5.56 Å². The smallest absolute Gasteiger partial charge is 0.327 e. The molecule has 26 heavy (non-hydrogen) atoms. The van der Waals surface area contributed by atoms with Gasteiger partial charge in [0.2, 0.25) is 0 Å². The van der Waals surface area contributed by atoms with E-state index in [1.54, 1.807) is 12.1 Å². The minimum Gasteiger partial charge on any atom is -0.480 e. The summed E-state index contributed by atoms with van der Waals surface area (Å²) in [5, 5.41) is 12.5. The van der Waals surface area contributed by atoms with Gasteiger partial charge < -0.3 is 10.4 Å². The largest absolute Gasteiger partial charge is 0.480 e. The summed E-state index contributed by atoms with van der Waals surface area (Å²) in [5.74, 6) is -1.93. The number of carboxylic acids is 1. The van der Waals surface area contributed by atoms with Crippen molar-refractivity contribution < 1.29 is 14.7 Å². The Hall–Kier alpha value is -3.47. The monoisotopic (exact) mass is 344 g/mol. The van der Waals surface area contributed by atoms with Crippen LogP contribution in [0, 0.1) is 0 Å². The Kier molecular flexibility index (Phi) is 3.97. The van der Waals surface area contributed by atoms with Crippen LogP contribution in [0.4, 0.5) is 0 Å². The molecule has 128 valence electrons. The number of nitrogens with zero attached hydrogens (tertiary/aromatic N) is 1. The number of carbonyl (C=O) groups is 2. The van der Waals surface area contributed by atoms with Gasteiger partial charge in [-0.3, -0.25) is 9.78 Å². The van der Waals surface area contributed by atoms with Crippen molar-refractivity contribution in [1.82, 2.24) is 10.3 Å². The van der Waals surface area contributed by atoms with Gasteiger partial charge in [0.25, 0.3) is 5.91 Å². The number of carboxylic acid groups (broad SMARTS) is 1. The summed E-state index contributed by atoms with van der Waals surface area (Å²) in [6.07, 6.45) is 3.01. The van der Waals surface area contributed by atoms with Gasteiger partial charge in [0.15, 0.2) is 0 Å². The molecule has 0 saturated carbocycles. The third-order valence-corrected chi connectivity index (χ3v) is 4.71. The maximum atomic E-state index is 12.5. The molecule has 1 aliphatic carbocycles. The van der Waals surface area contributed by atoms with Crippen LogP contribution in [0.5, 0.6) is 0 Å². The number of aliphatic carboxylic acids is 1. The van der Waals surface area contributed by atoms with E-state index < -0.39 is 23.8 Å². The zero-order valence-corrected chi connectivity index (χ0v) is 13.8. The van der Waals surface area contributed by atoms with Gasteiger partial charge >= 0.3 is 5.97 Å². The predicted molar refractivity (Wildman–Crippen MR) is 96.8 cm³/mol. The summed E-state index contributed by atoms with van der Waals surface area (Å²) in [7, 11) is 0. The molecular weight excluding hydrogens is 328 g/mol. The molecule has 0 spiro atoms. The number of rotatable bonds is 4. The molecule has 5 nitrogen and oxygen atoms in total. The number of hydrogen-bond acceptors (Lipinski definition) is 3. The van der Waals surface area contributed by atoms with E-state index >= 15 is 0 Å². The standard InChI is InChI=1S/C21H16N2O3/c24-20(13-9-11-22-12-10-13)23-19(21(25)26)18-16-7-3-1-5-14(16)15-6-2-4-8-17(15)18/h1-12,18-19H,(H,23,24)(H,25,26)/t19-/m1/s1. The van der Waals surface area contributed by atoms with Crippen molar-refractivity contribution in [2.24, 2.45) is 0 Å². The van der Waals surface area contributed by atoms with Crippen LogP contribution in [-0.4, -0.2) is 28.0 Å². The van der Waals surface area contributed by atoms with E-state index in [2.05, 4.69) is 10.3 Å². The lowest BCUT2D eigenvalue weighted by Gasteiger charge is -2.23. The van der Waals surface area contributed by atoms with Crippen LogP contribution in [0.25, 0.3) is 11.1 Å². The highest BCUT2D eigenvalue weighted by atomic mass is 16.4. The Bertz CT molecular complexity index is 940. The Morgan fingerprint density at radius 2 is 1.42 bits per heavy atom. The van der Waals surface area contributed by atoms with Crippen LogP contribution in [0.3, 0.4) is 0 Å². The summed E-state index contributed by atoms with van der Waals surface area (Å²) in [6, 6.07) is 17.5. The Morgan fingerprint density at radius 1 is 0.885 bits per heavy atom. The zero-order valence-electron chi connectivity index (χ0n) is 13.8. The fraction of sp³-hybridized carbons (Fsp3) is 0.0952. The molecule has 1 aliphatic rings. The van der Waals surface area contributed by atoms with Gasteiger partial charge in [-0.1, -0.05) is 48.5 Å². The minimum absolute atomic E-state index is 0.380. The molecule has 1 aromatic heterocycles. The van der Waals surface area contributed by atoms with E-state index in [-0.39, 0.29) is 0 Å². The summed E-state index contributed by atoms with van der Waals surface area (Å²) >= 11 is 0. The molecular formula is C21H16N2O3. The van der Waals surface area contributed by atoms with Gasteiger partial charge in [0.05, 0.1) is 0 Å². The normalized spacial score (nSPS) is 13.5. The molecule has 0 aliphatic heterocycles. The number of amides is 1. The lowest BCUT2D eigenvalue weighted by molar-refractivity contribution is -0.139. The van der Waals surface area contributed by atoms with Crippen molar-refractivity contribution in [3.63, 3.8) is 0 Å². The summed E-state index contributed by atoms with van der Waals surface area (Å²) < 4.78 is 0. The summed E-state index contributed by atoms with van der Waals surface area (Å²) in [6.45, 7) is 0. The molecule has 2 N–H and O–H groups in total. The number of nitrogens with one attached hydrogen (secondary N) is 1. The summed E-state index contributed by atoms with van der Waals surface area (Å²) in [5.41, 5.74) is 4.23. The average molecular weight is 344 g/mol. The molecule has 0 saturated heterocycles. The van der Waals surface area contributed by atoms with Crippen LogP contribution >= 0.6 is 0 Å². The van der Waals surface area contributed by atoms with Crippen LogP contribution in [0.15, 0.2) is 73.1 Å². The first-order chi connectivity index (χ1) is 12.7. The van der Waals surface area contributed by atoms with E-state index in [9.17, 15) is 14.7 Å². The fourth-order valence-corrected chi connectivity index (χ4v) is 3.57. The lowest BCUT2D eigenvalue weighted by Crippen LogP contribution is -2.44. The maximum absolute atomic E-state index is 12.5. The Morgan fingerprint density at radius 3 is 1.96 bits per heavy atom. The highest BCUT2D eigenvalue weighted by Gasteiger charge is 2.38. The molecule has 0 fully saturated rings. The van der Waals surface area contributed by atoms with E-state index in [0.717, 1.165) is 22.3 Å². The van der Waals surface area contributed by atoms with Crippen LogP contribution in [-0.2, 0) is 4.79 Å². The van der Waals surface area contributed by atoms with Gasteiger partial charge in [0.1, 0.15) is 6.04 Å². The predicted octanol–water partition coefficient (Wildman–Crippen LogP) is 3.08. The fourth-order valence-electron chi connectivity index (χ4n) is 3.57. The highest BCUT2D eigenvalue weighted by molar-refractivity contribution is 5.97. The Balaban J connectivity index is 1.76. The van der Waals surface area contributed by atoms with Gasteiger partial charge in [-0.25, -0.2) is 4.79 Å². The number of fused-ring (bicyclic) bond motifs is 3. The quantitative estimate of drug-likeness (QED) is 0.762. The van der Waals surface area contributed by atoms with E-state index in [1.807, 2.05) is 48.5 Å². The first-order valence-corrected chi connectivity index (χ1v) is 8.29. The van der Waals surface area contributed by atoms with Crippen LogP contribution in [0.1, 0.15) is 27.4 Å². The van der Waals surface area contributed by atoms with Gasteiger partial charge in [-0.05, 0) is 34.4 Å². The number of aromatic nitrogens is 1. The summed E-state index contributed by atoms with van der Waals surface area (Å²) in [4.78, 5) is 28.5. The second kappa shape index (κ2) is 6.44. The third kappa shape index (κ3) is 2.63. The molecule has 5 heteroatoms. The lowest BCUT2D eigenvalue weighted by atomic mass is 9.89. The topological polar surface area (TPSA) is 79.3 Å². The van der Waals surface area contributed by atoms with Crippen LogP contribution in [0.2, 0.25) is 0 Å². The number of hydrogen-bond donors (Lipinski definition) is 2. The average Bonchev–Trinajstić information content (AvgIpc) is 3.01. The van der Waals surface area contributed by atoms with Crippen LogP contribution < -0.4 is 5.32 Å². The second-order valence-electron chi connectivity index (χ2n) is 6.18. The molecule has 0 radical (unpaired) electrons. The minimum atomic E-state index is -1.07. The maximum Gasteiger partial charge on any atom is 0.327 e. The van der Waals surface area contributed by atoms with Crippen molar-refractivity contribution in [3.8, 4) is 11.1 Å². The van der Waals surface area contributed by atoms with E-state index in [4.69, 9.17) is 0 Å². The van der Waals surface area contributed by atoms with E-state index in [1.165, 1.54) is 12.4 Å². The second-order valence-corrected chi connectivity index (χ2v) is 6.18. The third-order valence-electron chi connectivity index (χ3n) is 4.71. The van der Waals surface area contributed by atoms with Gasteiger partial charge in [-0.2, -0.15) is 0 Å². The van der Waals surface area contributed by atoms with Gasteiger partial charge in [0, 0.05) is 23.9 Å². The number of pyridine rings is 1. The Labute approximate surface area is 150 Å². The molecule has 4 rings (SSSR count). The molecule has 0 bridgehead atoms. The first kappa shape index (κ1) is 16.0. The molecule has 0 unspecified atom stereocenters. The SMILES string of the molecule is O=C(N[C@@H](C(=O)O)C1c2ccccc2-c2ccccc21)c1ccncc1. The molecule has 2 aromatic carbocycles. The molecule has 1 heterocycles. The van der Waals surface area contributed by atoms with Crippen molar-refractivity contribution in [2.75, 3.05) is 0 Å². The first-order valence-electron chi connectivity index (χ1n) is 8.29. The van der Waals surface area contributed by atoms with Gasteiger partial charge in [-0.15, -0.1) is 0 Å². The van der Waals surface area contributed by atoms with Crippen molar-refractivity contribution in [3.05, 3.63) is 89.7 Å². The molecule has 1 amide bonds.